The standard InChI is InChI=1S/C20H31FN2O/c1-16-11-13-23(14-12-16)17(2)15-22-20(24)6-4-3-5-18-7-9-19(21)10-8-18/h7-10,16-17H,3-6,11-15H2,1-2H3,(H,22,24). The molecule has 0 radical (unpaired) electrons. The highest BCUT2D eigenvalue weighted by Crippen LogP contribution is 2.17. The van der Waals surface area contributed by atoms with Crippen LogP contribution in [0.1, 0.15) is 51.5 Å². The quantitative estimate of drug-likeness (QED) is 0.734. The molecule has 1 heterocycles. The van der Waals surface area contributed by atoms with Crippen LogP contribution in [0.5, 0.6) is 0 Å². The Morgan fingerprint density at radius 1 is 1.25 bits per heavy atom. The summed E-state index contributed by atoms with van der Waals surface area (Å²) in [5, 5.41) is 3.07. The summed E-state index contributed by atoms with van der Waals surface area (Å²) < 4.78 is 12.8. The molecule has 0 bridgehead atoms. The van der Waals surface area contributed by atoms with Crippen LogP contribution in [-0.2, 0) is 11.2 Å². The lowest BCUT2D eigenvalue weighted by molar-refractivity contribution is -0.121. The molecule has 2 rings (SSSR count). The van der Waals surface area contributed by atoms with Gasteiger partial charge in [0, 0.05) is 19.0 Å². The lowest BCUT2D eigenvalue weighted by Gasteiger charge is -2.35. The predicted molar refractivity (Wildman–Crippen MR) is 96.4 cm³/mol. The fourth-order valence-electron chi connectivity index (χ4n) is 3.21. The summed E-state index contributed by atoms with van der Waals surface area (Å²) in [7, 11) is 0. The Labute approximate surface area is 145 Å². The summed E-state index contributed by atoms with van der Waals surface area (Å²) in [6.07, 6.45) is 5.83. The SMILES string of the molecule is CC1CCN(C(C)CNC(=O)CCCCc2ccc(F)cc2)CC1. The van der Waals surface area contributed by atoms with E-state index in [1.807, 2.05) is 12.1 Å². The van der Waals surface area contributed by atoms with Gasteiger partial charge in [-0.25, -0.2) is 4.39 Å². The van der Waals surface area contributed by atoms with Gasteiger partial charge in [-0.3, -0.25) is 9.69 Å². The lowest BCUT2D eigenvalue weighted by atomic mass is 9.98. The van der Waals surface area contributed by atoms with Crippen LogP contribution in [-0.4, -0.2) is 36.5 Å². The third-order valence-electron chi connectivity index (χ3n) is 5.07. The minimum absolute atomic E-state index is 0.145. The number of rotatable bonds is 8. The molecule has 3 nitrogen and oxygen atoms in total. The summed E-state index contributed by atoms with van der Waals surface area (Å²) in [6.45, 7) is 7.55. The molecule has 1 atom stereocenters. The molecule has 0 aromatic heterocycles. The van der Waals surface area contributed by atoms with E-state index in [0.29, 0.717) is 12.5 Å². The summed E-state index contributed by atoms with van der Waals surface area (Å²) in [6, 6.07) is 7.03. The van der Waals surface area contributed by atoms with Crippen LogP contribution in [0.3, 0.4) is 0 Å². The van der Waals surface area contributed by atoms with E-state index in [0.717, 1.165) is 50.4 Å². The number of nitrogens with one attached hydrogen (secondary N) is 1. The van der Waals surface area contributed by atoms with Gasteiger partial charge in [0.25, 0.3) is 0 Å². The topological polar surface area (TPSA) is 32.3 Å². The number of halogens is 1. The van der Waals surface area contributed by atoms with Gasteiger partial charge < -0.3 is 5.32 Å². The van der Waals surface area contributed by atoms with E-state index < -0.39 is 0 Å². The number of hydrogen-bond donors (Lipinski definition) is 1. The van der Waals surface area contributed by atoms with E-state index in [2.05, 4.69) is 24.1 Å². The molecule has 1 unspecified atom stereocenters. The van der Waals surface area contributed by atoms with Crippen molar-refractivity contribution in [3.05, 3.63) is 35.6 Å². The predicted octanol–water partition coefficient (Wildman–Crippen LogP) is 3.78. The van der Waals surface area contributed by atoms with Gasteiger partial charge in [-0.15, -0.1) is 0 Å². The van der Waals surface area contributed by atoms with Gasteiger partial charge in [-0.2, -0.15) is 0 Å². The number of amides is 1. The van der Waals surface area contributed by atoms with Gasteiger partial charge >= 0.3 is 0 Å². The Bertz CT molecular complexity index is 495. The molecule has 0 spiro atoms. The van der Waals surface area contributed by atoms with Gasteiger partial charge in [-0.05, 0) is 75.7 Å². The molecule has 0 saturated carbocycles. The average molecular weight is 334 g/mol. The van der Waals surface area contributed by atoms with Crippen molar-refractivity contribution in [2.75, 3.05) is 19.6 Å². The van der Waals surface area contributed by atoms with Crippen molar-refractivity contribution in [2.45, 2.75) is 58.4 Å². The highest BCUT2D eigenvalue weighted by Gasteiger charge is 2.20. The number of piperidine rings is 1. The maximum absolute atomic E-state index is 12.8. The minimum atomic E-state index is -0.199. The number of likely N-dealkylation sites (tertiary alicyclic amines) is 1. The molecule has 1 saturated heterocycles. The Hall–Kier alpha value is -1.42. The minimum Gasteiger partial charge on any atom is -0.355 e. The van der Waals surface area contributed by atoms with Crippen LogP contribution in [0.2, 0.25) is 0 Å². The van der Waals surface area contributed by atoms with Crippen LogP contribution in [0, 0.1) is 11.7 Å². The zero-order chi connectivity index (χ0) is 17.4. The number of unbranched alkanes of at least 4 members (excludes halogenated alkanes) is 1. The monoisotopic (exact) mass is 334 g/mol. The molecule has 1 aromatic carbocycles. The highest BCUT2D eigenvalue weighted by atomic mass is 19.1. The first-order valence-corrected chi connectivity index (χ1v) is 9.30. The van der Waals surface area contributed by atoms with Crippen molar-refractivity contribution in [3.8, 4) is 0 Å². The van der Waals surface area contributed by atoms with Crippen molar-refractivity contribution in [3.63, 3.8) is 0 Å². The largest absolute Gasteiger partial charge is 0.355 e. The highest BCUT2D eigenvalue weighted by molar-refractivity contribution is 5.75. The van der Waals surface area contributed by atoms with Crippen molar-refractivity contribution in [2.24, 2.45) is 5.92 Å². The van der Waals surface area contributed by atoms with Gasteiger partial charge in [-0.1, -0.05) is 19.1 Å². The number of nitrogens with zero attached hydrogens (tertiary/aromatic N) is 1. The van der Waals surface area contributed by atoms with Crippen LogP contribution < -0.4 is 5.32 Å². The van der Waals surface area contributed by atoms with Crippen molar-refractivity contribution >= 4 is 5.91 Å². The summed E-state index contributed by atoms with van der Waals surface area (Å²) in [5.41, 5.74) is 1.13. The summed E-state index contributed by atoms with van der Waals surface area (Å²) >= 11 is 0. The van der Waals surface area contributed by atoms with Gasteiger partial charge in [0.2, 0.25) is 5.91 Å². The number of hydrogen-bond acceptors (Lipinski definition) is 2. The Kier molecular flexibility index (Phi) is 7.70. The number of benzene rings is 1. The summed E-state index contributed by atoms with van der Waals surface area (Å²) in [4.78, 5) is 14.4. The van der Waals surface area contributed by atoms with Crippen LogP contribution in [0.25, 0.3) is 0 Å². The maximum atomic E-state index is 12.8. The first-order chi connectivity index (χ1) is 11.5. The van der Waals surface area contributed by atoms with E-state index >= 15 is 0 Å². The molecule has 1 aliphatic heterocycles. The molecule has 1 N–H and O–H groups in total. The maximum Gasteiger partial charge on any atom is 0.220 e. The second-order valence-electron chi connectivity index (χ2n) is 7.21. The van der Waals surface area contributed by atoms with Gasteiger partial charge in [0.1, 0.15) is 5.82 Å². The van der Waals surface area contributed by atoms with E-state index in [1.165, 1.54) is 25.0 Å². The van der Waals surface area contributed by atoms with Crippen LogP contribution >= 0.6 is 0 Å². The average Bonchev–Trinajstić information content (AvgIpc) is 2.59. The Morgan fingerprint density at radius 3 is 2.58 bits per heavy atom. The van der Waals surface area contributed by atoms with Crippen molar-refractivity contribution in [1.82, 2.24) is 10.2 Å². The van der Waals surface area contributed by atoms with Gasteiger partial charge in [0.05, 0.1) is 0 Å². The fraction of sp³-hybridized carbons (Fsp3) is 0.650. The molecule has 134 valence electrons. The third-order valence-corrected chi connectivity index (χ3v) is 5.07. The zero-order valence-corrected chi connectivity index (χ0v) is 15.1. The first-order valence-electron chi connectivity index (χ1n) is 9.30. The molecule has 1 aliphatic rings. The second kappa shape index (κ2) is 9.77. The first kappa shape index (κ1) is 18.9. The molecule has 0 aliphatic carbocycles. The fourth-order valence-corrected chi connectivity index (χ4v) is 3.21. The Balaban J connectivity index is 1.55. The molecule has 24 heavy (non-hydrogen) atoms. The molecule has 1 fully saturated rings. The number of carbonyl (C=O) groups is 1. The molecule has 4 heteroatoms. The Morgan fingerprint density at radius 2 is 1.92 bits per heavy atom. The molecule has 1 aromatic rings. The number of aryl methyl sites for hydroxylation is 1. The molecular weight excluding hydrogens is 303 g/mol. The molecular formula is C20H31FN2O. The van der Waals surface area contributed by atoms with E-state index in [1.54, 1.807) is 0 Å². The lowest BCUT2D eigenvalue weighted by Crippen LogP contribution is -2.45. The molecule has 1 amide bonds. The van der Waals surface area contributed by atoms with Crippen molar-refractivity contribution in [1.29, 1.82) is 0 Å². The second-order valence-corrected chi connectivity index (χ2v) is 7.21. The van der Waals surface area contributed by atoms with E-state index in [-0.39, 0.29) is 11.7 Å². The summed E-state index contributed by atoms with van der Waals surface area (Å²) in [5.74, 6) is 0.783. The van der Waals surface area contributed by atoms with E-state index in [9.17, 15) is 9.18 Å². The number of carbonyl (C=O) groups excluding carboxylic acids is 1. The zero-order valence-electron chi connectivity index (χ0n) is 15.1. The van der Waals surface area contributed by atoms with Crippen molar-refractivity contribution < 1.29 is 9.18 Å². The van der Waals surface area contributed by atoms with Crippen LogP contribution in [0.4, 0.5) is 4.39 Å². The smallest absolute Gasteiger partial charge is 0.220 e. The van der Waals surface area contributed by atoms with Crippen LogP contribution in [0.15, 0.2) is 24.3 Å². The normalized spacial score (nSPS) is 17.6. The van der Waals surface area contributed by atoms with E-state index in [4.69, 9.17) is 0 Å². The third kappa shape index (κ3) is 6.60. The van der Waals surface area contributed by atoms with Gasteiger partial charge in [0.15, 0.2) is 0 Å².